The van der Waals surface area contributed by atoms with Gasteiger partial charge in [-0.05, 0) is 97.1 Å². The second kappa shape index (κ2) is 22.9. The first-order chi connectivity index (χ1) is 25.7. The van der Waals surface area contributed by atoms with Gasteiger partial charge in [0.05, 0.1) is 7.11 Å². The highest BCUT2D eigenvalue weighted by Gasteiger charge is 2.30. The number of halogens is 2. The SMILES string of the molecule is COc1ccc(CCNCCCCCCC2c3ccc(OCc4ccccc4)c(OCc4ccccc4)c3CCC2N)cc1OCc1ccccc1.Cl.Cl. The van der Waals surface area contributed by atoms with Gasteiger partial charge in [0, 0.05) is 11.6 Å². The molecule has 1 aliphatic rings. The fourth-order valence-electron chi connectivity index (χ4n) is 7.13. The molecule has 0 heterocycles. The molecule has 8 heteroatoms. The number of nitrogens with one attached hydrogen (secondary N) is 1. The van der Waals surface area contributed by atoms with Gasteiger partial charge in [-0.3, -0.25) is 0 Å². The average molecular weight is 772 g/mol. The first-order valence-corrected chi connectivity index (χ1v) is 19.0. The van der Waals surface area contributed by atoms with E-state index in [4.69, 9.17) is 24.7 Å². The van der Waals surface area contributed by atoms with Gasteiger partial charge in [0.15, 0.2) is 23.0 Å². The largest absolute Gasteiger partial charge is 0.493 e. The van der Waals surface area contributed by atoms with Crippen molar-refractivity contribution in [1.82, 2.24) is 5.32 Å². The summed E-state index contributed by atoms with van der Waals surface area (Å²) in [6.07, 6.45) is 8.65. The lowest BCUT2D eigenvalue weighted by molar-refractivity contribution is 0.251. The molecule has 0 amide bonds. The molecular formula is C46H56Cl2N2O4. The Balaban J connectivity index is 0.00000325. The summed E-state index contributed by atoms with van der Waals surface area (Å²) in [6, 6.07) is 41.6. The van der Waals surface area contributed by atoms with Crippen LogP contribution in [0.15, 0.2) is 121 Å². The molecule has 6 nitrogen and oxygen atoms in total. The highest BCUT2D eigenvalue weighted by atomic mass is 35.5. The summed E-state index contributed by atoms with van der Waals surface area (Å²) in [5, 5.41) is 3.64. The minimum Gasteiger partial charge on any atom is -0.493 e. The molecule has 0 aliphatic heterocycles. The molecule has 0 spiro atoms. The Morgan fingerprint density at radius 3 is 1.80 bits per heavy atom. The second-order valence-electron chi connectivity index (χ2n) is 13.8. The van der Waals surface area contributed by atoms with E-state index in [1.807, 2.05) is 48.5 Å². The maximum absolute atomic E-state index is 6.80. The zero-order valence-corrected chi connectivity index (χ0v) is 33.1. The first-order valence-electron chi connectivity index (χ1n) is 19.0. The van der Waals surface area contributed by atoms with E-state index in [1.54, 1.807) is 7.11 Å². The zero-order chi connectivity index (χ0) is 35.8. The normalized spacial score (nSPS) is 14.6. The summed E-state index contributed by atoms with van der Waals surface area (Å²) in [7, 11) is 1.69. The van der Waals surface area contributed by atoms with Crippen molar-refractivity contribution in [3.8, 4) is 23.0 Å². The predicted molar refractivity (Wildman–Crippen MR) is 225 cm³/mol. The fraction of sp³-hybridized carbons (Fsp3) is 0.348. The van der Waals surface area contributed by atoms with E-state index in [9.17, 15) is 0 Å². The van der Waals surface area contributed by atoms with E-state index in [-0.39, 0.29) is 30.9 Å². The summed E-state index contributed by atoms with van der Waals surface area (Å²) < 4.78 is 24.6. The summed E-state index contributed by atoms with van der Waals surface area (Å²) >= 11 is 0. The van der Waals surface area contributed by atoms with Gasteiger partial charge in [-0.25, -0.2) is 0 Å². The zero-order valence-electron chi connectivity index (χ0n) is 31.4. The van der Waals surface area contributed by atoms with Crippen LogP contribution in [0.2, 0.25) is 0 Å². The smallest absolute Gasteiger partial charge is 0.165 e. The van der Waals surface area contributed by atoms with Gasteiger partial charge in [-0.15, -0.1) is 24.8 Å². The topological polar surface area (TPSA) is 75.0 Å². The Labute approximate surface area is 334 Å². The molecule has 0 fully saturated rings. The molecule has 5 aromatic carbocycles. The highest BCUT2D eigenvalue weighted by Crippen LogP contribution is 2.44. The van der Waals surface area contributed by atoms with Crippen LogP contribution in [0.25, 0.3) is 0 Å². The molecule has 5 aromatic rings. The van der Waals surface area contributed by atoms with Gasteiger partial charge >= 0.3 is 0 Å². The number of nitrogens with two attached hydrogens (primary N) is 1. The number of methoxy groups -OCH3 is 1. The molecule has 2 atom stereocenters. The number of unbranched alkanes of at least 4 members (excludes halogenated alkanes) is 3. The van der Waals surface area contributed by atoms with Crippen LogP contribution < -0.4 is 30.0 Å². The maximum atomic E-state index is 6.80. The lowest BCUT2D eigenvalue weighted by Gasteiger charge is -2.33. The average Bonchev–Trinajstić information content (AvgIpc) is 3.19. The lowest BCUT2D eigenvalue weighted by Crippen LogP contribution is -2.33. The highest BCUT2D eigenvalue weighted by molar-refractivity contribution is 5.85. The molecule has 288 valence electrons. The number of benzene rings is 5. The van der Waals surface area contributed by atoms with Crippen LogP contribution in [0, 0.1) is 0 Å². The summed E-state index contributed by atoms with van der Waals surface area (Å²) in [5.41, 5.74) is 14.1. The second-order valence-corrected chi connectivity index (χ2v) is 13.8. The van der Waals surface area contributed by atoms with Gasteiger partial charge in [0.1, 0.15) is 19.8 Å². The van der Waals surface area contributed by atoms with Crippen molar-refractivity contribution < 1.29 is 18.9 Å². The first kappa shape index (κ1) is 42.5. The minimum atomic E-state index is 0. The van der Waals surface area contributed by atoms with Crippen molar-refractivity contribution in [3.05, 3.63) is 155 Å². The van der Waals surface area contributed by atoms with Gasteiger partial charge in [0.2, 0.25) is 0 Å². The van der Waals surface area contributed by atoms with Crippen molar-refractivity contribution in [3.63, 3.8) is 0 Å². The van der Waals surface area contributed by atoms with Crippen LogP contribution in [0.1, 0.15) is 77.8 Å². The monoisotopic (exact) mass is 770 g/mol. The number of fused-ring (bicyclic) bond motifs is 1. The summed E-state index contributed by atoms with van der Waals surface area (Å²) in [5.74, 6) is 3.57. The molecule has 0 bridgehead atoms. The molecule has 3 N–H and O–H groups in total. The number of rotatable bonds is 20. The van der Waals surface area contributed by atoms with Crippen molar-refractivity contribution >= 4 is 24.8 Å². The summed E-state index contributed by atoms with van der Waals surface area (Å²) in [6.45, 7) is 3.49. The van der Waals surface area contributed by atoms with E-state index in [0.29, 0.717) is 25.7 Å². The molecule has 0 saturated heterocycles. The van der Waals surface area contributed by atoms with Gasteiger partial charge in [-0.1, -0.05) is 122 Å². The standard InChI is InChI=1S/C46H54N2O4.2ClH/c1-49-43-26-22-35(31-45(43)51-33-37-17-9-5-10-18-37)28-30-48-29-14-3-2-13-21-40-39-24-27-44(50-32-36-15-7-4-8-16-36)46(41(39)23-25-42(40)47)52-34-38-19-11-6-12-20-38;;/h4-12,15-20,22,24,26-27,31,40,42,48H,2-3,13-14,21,23,25,28-30,32-34,47H2,1H3;2*1H. The van der Waals surface area contributed by atoms with Crippen LogP contribution in [-0.4, -0.2) is 26.2 Å². The Hall–Kier alpha value is -4.20. The number of hydrogen-bond donors (Lipinski definition) is 2. The molecule has 2 unspecified atom stereocenters. The van der Waals surface area contributed by atoms with E-state index in [2.05, 4.69) is 78.1 Å². The van der Waals surface area contributed by atoms with Crippen LogP contribution in [0.5, 0.6) is 23.0 Å². The van der Waals surface area contributed by atoms with Crippen LogP contribution >= 0.6 is 24.8 Å². The molecule has 0 saturated carbocycles. The molecule has 54 heavy (non-hydrogen) atoms. The maximum Gasteiger partial charge on any atom is 0.165 e. The van der Waals surface area contributed by atoms with E-state index >= 15 is 0 Å². The van der Waals surface area contributed by atoms with Crippen molar-refractivity contribution in [1.29, 1.82) is 0 Å². The quantitative estimate of drug-likeness (QED) is 0.0768. The third kappa shape index (κ3) is 12.4. The Bertz CT molecular complexity index is 1790. The molecule has 0 radical (unpaired) electrons. The van der Waals surface area contributed by atoms with Crippen molar-refractivity contribution in [2.24, 2.45) is 5.73 Å². The van der Waals surface area contributed by atoms with Crippen molar-refractivity contribution in [2.45, 2.75) is 83.1 Å². The van der Waals surface area contributed by atoms with Gasteiger partial charge < -0.3 is 30.0 Å². The van der Waals surface area contributed by atoms with Gasteiger partial charge in [-0.2, -0.15) is 0 Å². The lowest BCUT2D eigenvalue weighted by atomic mass is 9.76. The van der Waals surface area contributed by atoms with E-state index in [1.165, 1.54) is 42.4 Å². The molecule has 0 aromatic heterocycles. The van der Waals surface area contributed by atoms with Gasteiger partial charge in [0.25, 0.3) is 0 Å². The molecular weight excluding hydrogens is 715 g/mol. The van der Waals surface area contributed by atoms with Crippen LogP contribution in [0.3, 0.4) is 0 Å². The number of ether oxygens (including phenoxy) is 4. The predicted octanol–water partition coefficient (Wildman–Crippen LogP) is 10.4. The van der Waals surface area contributed by atoms with E-state index in [0.717, 1.165) is 78.5 Å². The minimum absolute atomic E-state index is 0. The molecule has 6 rings (SSSR count). The Kier molecular flexibility index (Phi) is 18.0. The van der Waals surface area contributed by atoms with Crippen molar-refractivity contribution in [2.75, 3.05) is 20.2 Å². The summed E-state index contributed by atoms with van der Waals surface area (Å²) in [4.78, 5) is 0. The Morgan fingerprint density at radius 2 is 1.17 bits per heavy atom. The third-order valence-corrected chi connectivity index (χ3v) is 10.0. The van der Waals surface area contributed by atoms with Crippen LogP contribution in [-0.2, 0) is 32.7 Å². The van der Waals surface area contributed by atoms with Crippen LogP contribution in [0.4, 0.5) is 0 Å². The third-order valence-electron chi connectivity index (χ3n) is 10.0. The van der Waals surface area contributed by atoms with E-state index < -0.39 is 0 Å². The Morgan fingerprint density at radius 1 is 0.593 bits per heavy atom. The fourth-order valence-corrected chi connectivity index (χ4v) is 7.13. The number of hydrogen-bond acceptors (Lipinski definition) is 6. The molecule has 1 aliphatic carbocycles.